The lowest BCUT2D eigenvalue weighted by Gasteiger charge is -2.09. The summed E-state index contributed by atoms with van der Waals surface area (Å²) in [6, 6.07) is 4.90. The molecule has 0 aliphatic heterocycles. The first-order valence-electron chi connectivity index (χ1n) is 4.55. The van der Waals surface area contributed by atoms with Crippen molar-refractivity contribution in [2.45, 2.75) is 6.92 Å². The van der Waals surface area contributed by atoms with Crippen molar-refractivity contribution >= 4 is 23.3 Å². The molecule has 5 heteroatoms. The van der Waals surface area contributed by atoms with E-state index in [4.69, 9.17) is 16.7 Å². The molecule has 3 N–H and O–H groups in total. The number of carbonyl (C=O) groups excluding carboxylic acids is 1. The van der Waals surface area contributed by atoms with Crippen LogP contribution in [-0.2, 0) is 0 Å². The van der Waals surface area contributed by atoms with Gasteiger partial charge < -0.3 is 15.7 Å². The number of hydrogen-bond acceptors (Lipinski definition) is 2. The second-order valence-corrected chi connectivity index (χ2v) is 3.50. The van der Waals surface area contributed by atoms with Gasteiger partial charge in [-0.25, -0.2) is 4.79 Å². The van der Waals surface area contributed by atoms with E-state index in [-0.39, 0.29) is 19.2 Å². The lowest BCUT2D eigenvalue weighted by Crippen LogP contribution is -2.31. The molecule has 4 nitrogen and oxygen atoms in total. The number of hydrogen-bond donors (Lipinski definition) is 3. The summed E-state index contributed by atoms with van der Waals surface area (Å²) in [6.07, 6.45) is 0. The first-order chi connectivity index (χ1) is 7.13. The van der Waals surface area contributed by atoms with E-state index in [2.05, 4.69) is 10.6 Å². The van der Waals surface area contributed by atoms with Gasteiger partial charge in [-0.05, 0) is 24.6 Å². The van der Waals surface area contributed by atoms with Crippen molar-refractivity contribution in [1.29, 1.82) is 0 Å². The van der Waals surface area contributed by atoms with Crippen LogP contribution in [-0.4, -0.2) is 24.3 Å². The molecule has 0 fully saturated rings. The van der Waals surface area contributed by atoms with Crippen molar-refractivity contribution in [3.63, 3.8) is 0 Å². The van der Waals surface area contributed by atoms with Crippen molar-refractivity contribution in [2.75, 3.05) is 18.5 Å². The number of carbonyl (C=O) groups is 1. The van der Waals surface area contributed by atoms with Gasteiger partial charge in [0, 0.05) is 17.3 Å². The molecule has 15 heavy (non-hydrogen) atoms. The molecule has 82 valence electrons. The summed E-state index contributed by atoms with van der Waals surface area (Å²) < 4.78 is 0. The Labute approximate surface area is 93.2 Å². The summed E-state index contributed by atoms with van der Waals surface area (Å²) in [4.78, 5) is 11.3. The predicted molar refractivity (Wildman–Crippen MR) is 60.3 cm³/mol. The van der Waals surface area contributed by atoms with Crippen LogP contribution in [0, 0.1) is 6.92 Å². The first-order valence-corrected chi connectivity index (χ1v) is 4.93. The highest BCUT2D eigenvalue weighted by atomic mass is 35.5. The third kappa shape index (κ3) is 3.77. The van der Waals surface area contributed by atoms with E-state index in [1.54, 1.807) is 12.1 Å². The number of urea groups is 1. The van der Waals surface area contributed by atoms with Crippen LogP contribution in [0.4, 0.5) is 10.5 Å². The zero-order chi connectivity index (χ0) is 11.3. The lowest BCUT2D eigenvalue weighted by atomic mass is 10.2. The number of rotatable bonds is 3. The topological polar surface area (TPSA) is 61.4 Å². The van der Waals surface area contributed by atoms with Gasteiger partial charge >= 0.3 is 6.03 Å². The van der Waals surface area contributed by atoms with Gasteiger partial charge in [0.1, 0.15) is 0 Å². The Bertz CT molecular complexity index is 355. The van der Waals surface area contributed by atoms with Gasteiger partial charge in [0.2, 0.25) is 0 Å². The molecule has 1 aromatic rings. The smallest absolute Gasteiger partial charge is 0.319 e. The van der Waals surface area contributed by atoms with Crippen LogP contribution < -0.4 is 10.6 Å². The number of aliphatic hydroxyl groups excluding tert-OH is 1. The highest BCUT2D eigenvalue weighted by Gasteiger charge is 2.03. The highest BCUT2D eigenvalue weighted by Crippen LogP contribution is 2.19. The zero-order valence-electron chi connectivity index (χ0n) is 8.38. The second-order valence-electron chi connectivity index (χ2n) is 3.06. The zero-order valence-corrected chi connectivity index (χ0v) is 9.14. The molecular weight excluding hydrogens is 216 g/mol. The third-order valence-electron chi connectivity index (χ3n) is 1.85. The largest absolute Gasteiger partial charge is 0.395 e. The van der Waals surface area contributed by atoms with Crippen LogP contribution in [0.5, 0.6) is 0 Å². The average Bonchev–Trinajstić information content (AvgIpc) is 2.20. The van der Waals surface area contributed by atoms with Crippen LogP contribution in [0.25, 0.3) is 0 Å². The number of amides is 2. The maximum Gasteiger partial charge on any atom is 0.319 e. The van der Waals surface area contributed by atoms with Gasteiger partial charge in [0.25, 0.3) is 0 Å². The quantitative estimate of drug-likeness (QED) is 0.738. The fourth-order valence-electron chi connectivity index (χ4n) is 1.06. The molecule has 1 aromatic carbocycles. The predicted octanol–water partition coefficient (Wildman–Crippen LogP) is 1.76. The van der Waals surface area contributed by atoms with Crippen LogP contribution >= 0.6 is 11.6 Å². The molecule has 0 heterocycles. The SMILES string of the molecule is Cc1ccc(Cl)cc1NC(=O)NCCO. The third-order valence-corrected chi connectivity index (χ3v) is 2.08. The number of nitrogens with one attached hydrogen (secondary N) is 2. The molecule has 1 rings (SSSR count). The van der Waals surface area contributed by atoms with Gasteiger partial charge in [-0.2, -0.15) is 0 Å². The Kier molecular flexibility index (Phi) is 4.39. The van der Waals surface area contributed by atoms with E-state index in [1.165, 1.54) is 0 Å². The molecule has 0 aliphatic carbocycles. The Morgan fingerprint density at radius 3 is 2.93 bits per heavy atom. The minimum absolute atomic E-state index is 0.0814. The minimum atomic E-state index is -0.352. The van der Waals surface area contributed by atoms with Gasteiger partial charge in [-0.3, -0.25) is 0 Å². The van der Waals surface area contributed by atoms with Gasteiger partial charge in [-0.1, -0.05) is 17.7 Å². The maximum absolute atomic E-state index is 11.3. The molecular formula is C10H13ClN2O2. The molecule has 0 aliphatic rings. The van der Waals surface area contributed by atoms with Crippen molar-refractivity contribution < 1.29 is 9.90 Å². The summed E-state index contributed by atoms with van der Waals surface area (Å²) in [6.45, 7) is 2.02. The summed E-state index contributed by atoms with van der Waals surface area (Å²) in [5.74, 6) is 0. The number of anilines is 1. The maximum atomic E-state index is 11.3. The summed E-state index contributed by atoms with van der Waals surface area (Å²) in [5.41, 5.74) is 1.59. The van der Waals surface area contributed by atoms with Gasteiger partial charge in [-0.15, -0.1) is 0 Å². The van der Waals surface area contributed by atoms with Crippen LogP contribution in [0.15, 0.2) is 18.2 Å². The van der Waals surface area contributed by atoms with Crippen LogP contribution in [0.3, 0.4) is 0 Å². The van der Waals surface area contributed by atoms with E-state index in [0.717, 1.165) is 5.56 Å². The Morgan fingerprint density at radius 1 is 1.53 bits per heavy atom. The molecule has 0 saturated heterocycles. The summed E-state index contributed by atoms with van der Waals surface area (Å²) in [7, 11) is 0. The van der Waals surface area contributed by atoms with E-state index >= 15 is 0 Å². The van der Waals surface area contributed by atoms with E-state index in [0.29, 0.717) is 10.7 Å². The molecule has 0 bridgehead atoms. The average molecular weight is 229 g/mol. The summed E-state index contributed by atoms with van der Waals surface area (Å²) >= 11 is 5.79. The standard InChI is InChI=1S/C10H13ClN2O2/c1-7-2-3-8(11)6-9(7)13-10(15)12-4-5-14/h2-3,6,14H,4-5H2,1H3,(H2,12,13,15). The number of benzene rings is 1. The fourth-order valence-corrected chi connectivity index (χ4v) is 1.24. The van der Waals surface area contributed by atoms with Crippen molar-refractivity contribution in [2.24, 2.45) is 0 Å². The van der Waals surface area contributed by atoms with Crippen molar-refractivity contribution in [3.8, 4) is 0 Å². The second kappa shape index (κ2) is 5.58. The van der Waals surface area contributed by atoms with Crippen molar-refractivity contribution in [1.82, 2.24) is 5.32 Å². The molecule has 0 atom stereocenters. The number of aliphatic hydroxyl groups is 1. The minimum Gasteiger partial charge on any atom is -0.395 e. The Balaban J connectivity index is 2.63. The highest BCUT2D eigenvalue weighted by molar-refractivity contribution is 6.31. The van der Waals surface area contributed by atoms with E-state index in [9.17, 15) is 4.79 Å². The molecule has 0 aromatic heterocycles. The Hall–Kier alpha value is -1.26. The normalized spacial score (nSPS) is 9.80. The number of halogens is 1. The van der Waals surface area contributed by atoms with E-state index in [1.807, 2.05) is 13.0 Å². The molecule has 2 amide bonds. The fraction of sp³-hybridized carbons (Fsp3) is 0.300. The monoisotopic (exact) mass is 228 g/mol. The first kappa shape index (κ1) is 11.8. The van der Waals surface area contributed by atoms with Crippen LogP contribution in [0.1, 0.15) is 5.56 Å². The van der Waals surface area contributed by atoms with E-state index < -0.39 is 0 Å². The van der Waals surface area contributed by atoms with Crippen molar-refractivity contribution in [3.05, 3.63) is 28.8 Å². The molecule has 0 spiro atoms. The summed E-state index contributed by atoms with van der Waals surface area (Å²) in [5, 5.41) is 14.2. The number of aryl methyl sites for hydroxylation is 1. The Morgan fingerprint density at radius 2 is 2.27 bits per heavy atom. The molecule has 0 unspecified atom stereocenters. The molecule has 0 radical (unpaired) electrons. The van der Waals surface area contributed by atoms with Gasteiger partial charge in [0.05, 0.1) is 6.61 Å². The van der Waals surface area contributed by atoms with Crippen LogP contribution in [0.2, 0.25) is 5.02 Å². The van der Waals surface area contributed by atoms with Gasteiger partial charge in [0.15, 0.2) is 0 Å². The molecule has 0 saturated carbocycles. The lowest BCUT2D eigenvalue weighted by molar-refractivity contribution is 0.245.